The first-order valence-electron chi connectivity index (χ1n) is 5.01. The van der Waals surface area contributed by atoms with Gasteiger partial charge in [-0.3, -0.25) is 9.59 Å². The number of anilines is 2. The van der Waals surface area contributed by atoms with Crippen LogP contribution in [0.3, 0.4) is 0 Å². The highest BCUT2D eigenvalue weighted by Gasteiger charge is 2.07. The largest absolute Gasteiger partial charge is 0.399 e. The Kier molecular flexibility index (Phi) is 2.91. The predicted molar refractivity (Wildman–Crippen MR) is 65.9 cm³/mol. The second-order valence-corrected chi connectivity index (χ2v) is 3.50. The van der Waals surface area contributed by atoms with Crippen LogP contribution >= 0.6 is 0 Å². The molecule has 5 heteroatoms. The smallest absolute Gasteiger partial charge is 0.255 e. The van der Waals surface area contributed by atoms with Crippen molar-refractivity contribution in [2.24, 2.45) is 0 Å². The van der Waals surface area contributed by atoms with Crippen molar-refractivity contribution in [3.05, 3.63) is 58.5 Å². The summed E-state index contributed by atoms with van der Waals surface area (Å²) in [6, 6.07) is 7.80. The summed E-state index contributed by atoms with van der Waals surface area (Å²) in [5.41, 5.74) is 6.52. The number of benzene rings is 1. The summed E-state index contributed by atoms with van der Waals surface area (Å²) in [6.07, 6.45) is 2.94. The molecule has 0 atom stereocenters. The molecule has 0 aliphatic rings. The van der Waals surface area contributed by atoms with Crippen LogP contribution < -0.4 is 16.5 Å². The van der Waals surface area contributed by atoms with Gasteiger partial charge in [0.05, 0.1) is 0 Å². The first-order valence-corrected chi connectivity index (χ1v) is 5.01. The van der Waals surface area contributed by atoms with E-state index in [1.54, 1.807) is 24.3 Å². The Morgan fingerprint density at radius 1 is 1.18 bits per heavy atom. The Hall–Kier alpha value is -2.56. The van der Waals surface area contributed by atoms with E-state index in [9.17, 15) is 9.59 Å². The molecule has 1 heterocycles. The summed E-state index contributed by atoms with van der Waals surface area (Å²) < 4.78 is 0. The Bertz CT molecular complexity index is 587. The van der Waals surface area contributed by atoms with Crippen LogP contribution in [0.25, 0.3) is 0 Å². The van der Waals surface area contributed by atoms with Crippen LogP contribution in [-0.4, -0.2) is 10.9 Å². The topological polar surface area (TPSA) is 88.0 Å². The van der Waals surface area contributed by atoms with E-state index in [4.69, 9.17) is 5.73 Å². The van der Waals surface area contributed by atoms with E-state index in [-0.39, 0.29) is 17.0 Å². The van der Waals surface area contributed by atoms with Crippen LogP contribution in [0.2, 0.25) is 0 Å². The van der Waals surface area contributed by atoms with Gasteiger partial charge in [0.15, 0.2) is 0 Å². The number of nitrogens with two attached hydrogens (primary N) is 1. The van der Waals surface area contributed by atoms with Crippen molar-refractivity contribution in [1.29, 1.82) is 0 Å². The Morgan fingerprint density at radius 3 is 2.53 bits per heavy atom. The predicted octanol–water partition coefficient (Wildman–Crippen LogP) is 1.21. The van der Waals surface area contributed by atoms with Crippen LogP contribution in [0, 0.1) is 0 Å². The van der Waals surface area contributed by atoms with Gasteiger partial charge in [-0.2, -0.15) is 0 Å². The molecule has 86 valence electrons. The fourth-order valence-corrected chi connectivity index (χ4v) is 1.34. The van der Waals surface area contributed by atoms with Crippen molar-refractivity contribution in [2.45, 2.75) is 0 Å². The number of aromatic nitrogens is 1. The van der Waals surface area contributed by atoms with Gasteiger partial charge in [-0.25, -0.2) is 0 Å². The van der Waals surface area contributed by atoms with E-state index < -0.39 is 0 Å². The maximum absolute atomic E-state index is 11.8. The molecular formula is C12H11N3O2. The molecule has 0 saturated heterocycles. The van der Waals surface area contributed by atoms with Gasteiger partial charge in [0.2, 0.25) is 5.43 Å². The first-order chi connectivity index (χ1) is 8.16. The number of rotatable bonds is 2. The Morgan fingerprint density at radius 2 is 1.88 bits per heavy atom. The van der Waals surface area contributed by atoms with Gasteiger partial charge in [-0.15, -0.1) is 0 Å². The third kappa shape index (κ3) is 2.52. The summed E-state index contributed by atoms with van der Waals surface area (Å²) in [4.78, 5) is 25.9. The molecule has 0 spiro atoms. The summed E-state index contributed by atoms with van der Waals surface area (Å²) in [5, 5.41) is 2.52. The number of nitrogens with one attached hydrogen (secondary N) is 2. The number of amides is 1. The SMILES string of the molecule is Nc1ccc(C(=O)Nc2c[nH]ccc2=O)cc1. The normalized spacial score (nSPS) is 9.88. The lowest BCUT2D eigenvalue weighted by Crippen LogP contribution is -2.17. The average Bonchev–Trinajstić information content (AvgIpc) is 2.33. The highest BCUT2D eigenvalue weighted by atomic mass is 16.2. The zero-order valence-electron chi connectivity index (χ0n) is 8.94. The summed E-state index contributed by atoms with van der Waals surface area (Å²) in [6.45, 7) is 0. The fraction of sp³-hybridized carbons (Fsp3) is 0. The van der Waals surface area contributed by atoms with Crippen LogP contribution in [0.5, 0.6) is 0 Å². The lowest BCUT2D eigenvalue weighted by molar-refractivity contribution is 0.102. The summed E-state index contributed by atoms with van der Waals surface area (Å²) in [7, 11) is 0. The molecule has 0 aliphatic heterocycles. The van der Waals surface area contributed by atoms with Gasteiger partial charge in [-0.1, -0.05) is 0 Å². The second-order valence-electron chi connectivity index (χ2n) is 3.50. The standard InChI is InChI=1S/C12H11N3O2/c13-9-3-1-8(2-4-9)12(17)15-10-7-14-6-5-11(10)16/h1-7H,13H2,(H,14,16)(H,15,17). The zero-order valence-corrected chi connectivity index (χ0v) is 8.94. The van der Waals surface area contributed by atoms with Gasteiger partial charge in [-0.05, 0) is 24.3 Å². The maximum atomic E-state index is 11.8. The van der Waals surface area contributed by atoms with Crippen molar-refractivity contribution < 1.29 is 4.79 Å². The van der Waals surface area contributed by atoms with E-state index in [2.05, 4.69) is 10.3 Å². The van der Waals surface area contributed by atoms with Crippen molar-refractivity contribution in [2.75, 3.05) is 11.1 Å². The van der Waals surface area contributed by atoms with Gasteiger partial charge in [0.1, 0.15) is 5.69 Å². The lowest BCUT2D eigenvalue weighted by atomic mass is 10.2. The van der Waals surface area contributed by atoms with E-state index in [1.165, 1.54) is 18.5 Å². The molecule has 0 radical (unpaired) electrons. The van der Waals surface area contributed by atoms with Crippen LogP contribution in [0.4, 0.5) is 11.4 Å². The first kappa shape index (κ1) is 10.9. The van der Waals surface area contributed by atoms with Crippen molar-refractivity contribution in [1.82, 2.24) is 4.98 Å². The molecular weight excluding hydrogens is 218 g/mol. The molecule has 17 heavy (non-hydrogen) atoms. The maximum Gasteiger partial charge on any atom is 0.255 e. The zero-order chi connectivity index (χ0) is 12.3. The van der Waals surface area contributed by atoms with Crippen molar-refractivity contribution in [3.8, 4) is 0 Å². The molecule has 4 N–H and O–H groups in total. The number of aromatic amines is 1. The minimum absolute atomic E-state index is 0.217. The van der Waals surface area contributed by atoms with Gasteiger partial charge >= 0.3 is 0 Å². The molecule has 0 aliphatic carbocycles. The molecule has 0 fully saturated rings. The molecule has 2 aromatic rings. The third-order valence-corrected chi connectivity index (χ3v) is 2.25. The van der Waals surface area contributed by atoms with Crippen molar-refractivity contribution >= 4 is 17.3 Å². The third-order valence-electron chi connectivity index (χ3n) is 2.25. The fourth-order valence-electron chi connectivity index (χ4n) is 1.34. The molecule has 0 bridgehead atoms. The summed E-state index contributed by atoms with van der Waals surface area (Å²) >= 11 is 0. The molecule has 0 unspecified atom stereocenters. The van der Waals surface area contributed by atoms with E-state index in [1.807, 2.05) is 0 Å². The number of carbonyl (C=O) groups is 1. The Balaban J connectivity index is 2.20. The minimum Gasteiger partial charge on any atom is -0.399 e. The van der Waals surface area contributed by atoms with Crippen LogP contribution in [0.15, 0.2) is 47.5 Å². The monoisotopic (exact) mass is 229 g/mol. The number of H-pyrrole nitrogens is 1. The molecule has 1 aromatic carbocycles. The van der Waals surface area contributed by atoms with E-state index >= 15 is 0 Å². The number of nitrogen functional groups attached to an aromatic ring is 1. The molecule has 1 amide bonds. The molecule has 1 aromatic heterocycles. The van der Waals surface area contributed by atoms with Crippen LogP contribution in [-0.2, 0) is 0 Å². The highest BCUT2D eigenvalue weighted by Crippen LogP contribution is 2.07. The van der Waals surface area contributed by atoms with E-state index in [0.717, 1.165) is 0 Å². The minimum atomic E-state index is -0.346. The highest BCUT2D eigenvalue weighted by molar-refractivity contribution is 6.04. The lowest BCUT2D eigenvalue weighted by Gasteiger charge is -2.04. The molecule has 0 saturated carbocycles. The van der Waals surface area contributed by atoms with Crippen molar-refractivity contribution in [3.63, 3.8) is 0 Å². The van der Waals surface area contributed by atoms with Gasteiger partial charge in [0, 0.05) is 29.7 Å². The van der Waals surface area contributed by atoms with Crippen LogP contribution in [0.1, 0.15) is 10.4 Å². The van der Waals surface area contributed by atoms with Gasteiger partial charge < -0.3 is 16.0 Å². The molecule has 5 nitrogen and oxygen atoms in total. The summed E-state index contributed by atoms with van der Waals surface area (Å²) in [5.74, 6) is -0.346. The number of carbonyl (C=O) groups excluding carboxylic acids is 1. The van der Waals surface area contributed by atoms with E-state index in [0.29, 0.717) is 11.3 Å². The van der Waals surface area contributed by atoms with Gasteiger partial charge in [0.25, 0.3) is 5.91 Å². The quantitative estimate of drug-likeness (QED) is 0.676. The second kappa shape index (κ2) is 4.52. The molecule has 2 rings (SSSR count). The number of hydrogen-bond acceptors (Lipinski definition) is 3. The average molecular weight is 229 g/mol. The number of pyridine rings is 1. The Labute approximate surface area is 97.3 Å². The number of hydrogen-bond donors (Lipinski definition) is 3.